The van der Waals surface area contributed by atoms with Crippen LogP contribution in [0.25, 0.3) is 0 Å². The zero-order valence-electron chi connectivity index (χ0n) is 18.0. The SMILES string of the molecule is CCNC(=NCc1cnn(Cc2ccccc2)c1)N1CCN(c2cnn(C)c2)C(=O)C1. The number of hydrogen-bond donors (Lipinski definition) is 1. The molecule has 1 aliphatic rings. The average molecular weight is 421 g/mol. The van der Waals surface area contributed by atoms with Crippen molar-refractivity contribution in [2.24, 2.45) is 12.0 Å². The normalized spacial score (nSPS) is 14.9. The number of carbonyl (C=O) groups is 1. The molecule has 1 fully saturated rings. The topological polar surface area (TPSA) is 83.6 Å². The van der Waals surface area contributed by atoms with E-state index in [1.165, 1.54) is 5.56 Å². The van der Waals surface area contributed by atoms with E-state index in [9.17, 15) is 4.79 Å². The molecule has 3 aromatic rings. The highest BCUT2D eigenvalue weighted by Crippen LogP contribution is 2.16. The van der Waals surface area contributed by atoms with Crippen molar-refractivity contribution >= 4 is 17.6 Å². The van der Waals surface area contributed by atoms with E-state index < -0.39 is 0 Å². The van der Waals surface area contributed by atoms with Gasteiger partial charge in [-0.05, 0) is 12.5 Å². The Morgan fingerprint density at radius 1 is 1.10 bits per heavy atom. The molecule has 0 aliphatic carbocycles. The van der Waals surface area contributed by atoms with Crippen LogP contribution in [0.3, 0.4) is 0 Å². The molecule has 0 unspecified atom stereocenters. The van der Waals surface area contributed by atoms with E-state index in [0.29, 0.717) is 19.6 Å². The first-order valence-corrected chi connectivity index (χ1v) is 10.5. The summed E-state index contributed by atoms with van der Waals surface area (Å²) in [5.41, 5.74) is 3.07. The Morgan fingerprint density at radius 2 is 1.94 bits per heavy atom. The van der Waals surface area contributed by atoms with Gasteiger partial charge in [0.2, 0.25) is 5.91 Å². The lowest BCUT2D eigenvalue weighted by Gasteiger charge is -2.35. The van der Waals surface area contributed by atoms with Gasteiger partial charge in [-0.2, -0.15) is 10.2 Å². The van der Waals surface area contributed by atoms with E-state index in [1.54, 1.807) is 15.8 Å². The molecule has 0 atom stereocenters. The van der Waals surface area contributed by atoms with Gasteiger partial charge in [0.1, 0.15) is 6.54 Å². The molecule has 3 heterocycles. The molecule has 1 N–H and O–H groups in total. The van der Waals surface area contributed by atoms with Crippen LogP contribution in [0, 0.1) is 0 Å². The maximum atomic E-state index is 12.7. The Morgan fingerprint density at radius 3 is 2.65 bits per heavy atom. The van der Waals surface area contributed by atoms with E-state index in [-0.39, 0.29) is 12.5 Å². The lowest BCUT2D eigenvalue weighted by atomic mass is 10.2. The zero-order valence-corrected chi connectivity index (χ0v) is 18.0. The number of amides is 1. The molecule has 162 valence electrons. The van der Waals surface area contributed by atoms with Gasteiger partial charge >= 0.3 is 0 Å². The van der Waals surface area contributed by atoms with E-state index in [0.717, 1.165) is 30.3 Å². The number of guanidine groups is 1. The summed E-state index contributed by atoms with van der Waals surface area (Å²) in [4.78, 5) is 21.3. The van der Waals surface area contributed by atoms with Gasteiger partial charge in [0, 0.05) is 44.6 Å². The predicted octanol–water partition coefficient (Wildman–Crippen LogP) is 1.48. The van der Waals surface area contributed by atoms with Gasteiger partial charge in [-0.15, -0.1) is 0 Å². The maximum Gasteiger partial charge on any atom is 0.246 e. The lowest BCUT2D eigenvalue weighted by molar-refractivity contribution is -0.120. The monoisotopic (exact) mass is 420 g/mol. The molecule has 0 bridgehead atoms. The molecule has 1 aliphatic heterocycles. The maximum absolute atomic E-state index is 12.7. The summed E-state index contributed by atoms with van der Waals surface area (Å²) in [5, 5.41) is 11.9. The van der Waals surface area contributed by atoms with Gasteiger partial charge in [-0.25, -0.2) is 4.99 Å². The van der Waals surface area contributed by atoms with Crippen molar-refractivity contribution in [1.82, 2.24) is 29.8 Å². The van der Waals surface area contributed by atoms with Crippen molar-refractivity contribution < 1.29 is 4.79 Å². The second-order valence-corrected chi connectivity index (χ2v) is 7.54. The number of hydrogen-bond acceptors (Lipinski definition) is 4. The third-order valence-corrected chi connectivity index (χ3v) is 5.14. The second kappa shape index (κ2) is 9.46. The third kappa shape index (κ3) is 5.11. The van der Waals surface area contributed by atoms with E-state index >= 15 is 0 Å². The molecule has 31 heavy (non-hydrogen) atoms. The molecule has 0 spiro atoms. The van der Waals surface area contributed by atoms with Gasteiger partial charge < -0.3 is 15.1 Å². The number of aryl methyl sites for hydroxylation is 1. The summed E-state index contributed by atoms with van der Waals surface area (Å²) < 4.78 is 3.63. The van der Waals surface area contributed by atoms with Crippen LogP contribution < -0.4 is 10.2 Å². The summed E-state index contributed by atoms with van der Waals surface area (Å²) in [6, 6.07) is 10.2. The molecule has 0 radical (unpaired) electrons. The highest BCUT2D eigenvalue weighted by atomic mass is 16.2. The number of anilines is 1. The van der Waals surface area contributed by atoms with Crippen LogP contribution in [0.4, 0.5) is 5.69 Å². The molecular weight excluding hydrogens is 392 g/mol. The van der Waals surface area contributed by atoms with Gasteiger partial charge in [-0.1, -0.05) is 30.3 Å². The molecule has 2 aromatic heterocycles. The van der Waals surface area contributed by atoms with Crippen LogP contribution in [0.15, 0.2) is 60.1 Å². The summed E-state index contributed by atoms with van der Waals surface area (Å²) in [7, 11) is 1.85. The molecule has 1 saturated heterocycles. The highest BCUT2D eigenvalue weighted by Gasteiger charge is 2.27. The number of nitrogens with one attached hydrogen (secondary N) is 1. The predicted molar refractivity (Wildman–Crippen MR) is 120 cm³/mol. The van der Waals surface area contributed by atoms with Crippen LogP contribution in [0.1, 0.15) is 18.1 Å². The van der Waals surface area contributed by atoms with Gasteiger partial charge in [0.25, 0.3) is 0 Å². The molecule has 9 nitrogen and oxygen atoms in total. The fourth-order valence-electron chi connectivity index (χ4n) is 3.61. The quantitative estimate of drug-likeness (QED) is 0.482. The number of rotatable bonds is 6. The summed E-state index contributed by atoms with van der Waals surface area (Å²) >= 11 is 0. The number of carbonyl (C=O) groups excluding carboxylic acids is 1. The van der Waals surface area contributed by atoms with Crippen LogP contribution in [0.2, 0.25) is 0 Å². The molecule has 1 amide bonds. The fraction of sp³-hybridized carbons (Fsp3) is 0.364. The number of nitrogens with zero attached hydrogens (tertiary/aromatic N) is 7. The molecular formula is C22H28N8O. The van der Waals surface area contributed by atoms with E-state index in [1.807, 2.05) is 60.3 Å². The lowest BCUT2D eigenvalue weighted by Crippen LogP contribution is -2.55. The Bertz CT molecular complexity index is 1040. The second-order valence-electron chi connectivity index (χ2n) is 7.54. The van der Waals surface area contributed by atoms with E-state index in [4.69, 9.17) is 4.99 Å². The minimum atomic E-state index is 0.0422. The van der Waals surface area contributed by atoms with Crippen LogP contribution in [-0.4, -0.2) is 62.5 Å². The first kappa shape index (κ1) is 20.6. The fourth-order valence-corrected chi connectivity index (χ4v) is 3.61. The minimum absolute atomic E-state index is 0.0422. The van der Waals surface area contributed by atoms with Gasteiger partial charge in [0.05, 0.1) is 31.2 Å². The number of aromatic nitrogens is 4. The van der Waals surface area contributed by atoms with Gasteiger partial charge in [-0.3, -0.25) is 14.2 Å². The number of aliphatic imine (C=N–C) groups is 1. The Hall–Kier alpha value is -3.62. The molecule has 1 aromatic carbocycles. The minimum Gasteiger partial charge on any atom is -0.356 e. The largest absolute Gasteiger partial charge is 0.356 e. The average Bonchev–Trinajstić information content (AvgIpc) is 3.40. The molecule has 0 saturated carbocycles. The van der Waals surface area contributed by atoms with Crippen molar-refractivity contribution in [3.8, 4) is 0 Å². The number of benzene rings is 1. The van der Waals surface area contributed by atoms with Crippen molar-refractivity contribution in [1.29, 1.82) is 0 Å². The summed E-state index contributed by atoms with van der Waals surface area (Å²) in [6.07, 6.45) is 7.45. The van der Waals surface area contributed by atoms with Crippen molar-refractivity contribution in [3.05, 3.63) is 66.2 Å². The van der Waals surface area contributed by atoms with Gasteiger partial charge in [0.15, 0.2) is 5.96 Å². The number of piperazine rings is 1. The third-order valence-electron chi connectivity index (χ3n) is 5.14. The van der Waals surface area contributed by atoms with Crippen molar-refractivity contribution in [3.63, 3.8) is 0 Å². The Kier molecular flexibility index (Phi) is 6.30. The first-order valence-electron chi connectivity index (χ1n) is 10.5. The molecule has 9 heteroatoms. The van der Waals surface area contributed by atoms with Crippen molar-refractivity contribution in [2.45, 2.75) is 20.0 Å². The van der Waals surface area contributed by atoms with E-state index in [2.05, 4.69) is 27.6 Å². The summed E-state index contributed by atoms with van der Waals surface area (Å²) in [5.74, 6) is 0.790. The zero-order chi connectivity index (χ0) is 21.6. The van der Waals surface area contributed by atoms with Crippen LogP contribution in [0.5, 0.6) is 0 Å². The Balaban J connectivity index is 1.39. The molecule has 4 rings (SSSR count). The smallest absolute Gasteiger partial charge is 0.246 e. The van der Waals surface area contributed by atoms with Crippen molar-refractivity contribution in [2.75, 3.05) is 31.1 Å². The highest BCUT2D eigenvalue weighted by molar-refractivity contribution is 5.98. The summed E-state index contributed by atoms with van der Waals surface area (Å²) in [6.45, 7) is 5.60. The Labute approximate surface area is 182 Å². The first-order chi connectivity index (χ1) is 15.1. The van der Waals surface area contributed by atoms with Crippen LogP contribution >= 0.6 is 0 Å². The van der Waals surface area contributed by atoms with Crippen LogP contribution in [-0.2, 0) is 24.9 Å². The standard InChI is InChI=1S/C22H28N8O/c1-3-23-22(28-9-10-30(21(31)17-28)20-13-25-27(2)16-20)24-11-19-12-26-29(15-19)14-18-7-5-4-6-8-18/h4-8,12-13,15-16H,3,9-11,14,17H2,1-2H3,(H,23,24).